The summed E-state index contributed by atoms with van der Waals surface area (Å²) in [5.74, 6) is -7.87. The number of hydrogen-bond donors (Lipinski definition) is 7. The maximum atomic E-state index is 14.3. The summed E-state index contributed by atoms with van der Waals surface area (Å²) >= 11 is 0. The maximum Gasteiger partial charge on any atom is 0.372 e. The first kappa shape index (κ1) is 18.5. The standard InChI is InChI=1S/C11H19F2N3O6/c1-3-5(16-10(14)15)8(12)11(13,9(20)21)22-7(3)6(19)4(18)2-17/h3-8,17-19H,2H2,1H3,(H,20,21)(H4,14,15,16)/t3-,4-,5+,6-,7?,8?,11-/m1/s1. The van der Waals surface area contributed by atoms with Gasteiger partial charge in [0.25, 0.3) is 0 Å². The largest absolute Gasteiger partial charge is 0.477 e. The fraction of sp³-hybridized carbons (Fsp3) is 0.818. The number of alkyl halides is 2. The smallest absolute Gasteiger partial charge is 0.372 e. The number of nitrogens with one attached hydrogen (secondary N) is 2. The van der Waals surface area contributed by atoms with Gasteiger partial charge in [-0.2, -0.15) is 4.39 Å². The van der Waals surface area contributed by atoms with Crippen LogP contribution in [0.25, 0.3) is 0 Å². The normalized spacial score (nSPS) is 38.1. The Labute approximate surface area is 124 Å². The predicted molar refractivity (Wildman–Crippen MR) is 68.3 cm³/mol. The lowest BCUT2D eigenvalue weighted by atomic mass is 9.82. The van der Waals surface area contributed by atoms with Crippen molar-refractivity contribution in [2.75, 3.05) is 6.61 Å². The van der Waals surface area contributed by atoms with E-state index in [9.17, 15) is 23.8 Å². The van der Waals surface area contributed by atoms with Crippen molar-refractivity contribution >= 4 is 11.9 Å². The number of carboxylic acid groups (broad SMARTS) is 1. The van der Waals surface area contributed by atoms with E-state index in [1.165, 1.54) is 6.92 Å². The predicted octanol–water partition coefficient (Wildman–Crippen LogP) is -2.32. The molecule has 0 amide bonds. The number of halogens is 2. The molecule has 0 saturated carbocycles. The number of hydrogen-bond acceptors (Lipinski definition) is 6. The van der Waals surface area contributed by atoms with Crippen molar-refractivity contribution in [2.24, 2.45) is 11.7 Å². The highest BCUT2D eigenvalue weighted by molar-refractivity contribution is 5.78. The van der Waals surface area contributed by atoms with Crippen LogP contribution in [0.5, 0.6) is 0 Å². The number of aliphatic hydroxyl groups is 3. The highest BCUT2D eigenvalue weighted by Crippen LogP contribution is 2.38. The highest BCUT2D eigenvalue weighted by atomic mass is 19.2. The summed E-state index contributed by atoms with van der Waals surface area (Å²) in [5, 5.41) is 46.1. The summed E-state index contributed by atoms with van der Waals surface area (Å²) in [7, 11) is 0. The molecular weight excluding hydrogens is 308 g/mol. The van der Waals surface area contributed by atoms with Crippen LogP contribution in [0.4, 0.5) is 8.78 Å². The summed E-state index contributed by atoms with van der Waals surface area (Å²) in [5.41, 5.74) is 5.06. The topological polar surface area (TPSA) is 169 Å². The van der Waals surface area contributed by atoms with Crippen LogP contribution in [0.15, 0.2) is 0 Å². The van der Waals surface area contributed by atoms with Gasteiger partial charge in [0.1, 0.15) is 12.2 Å². The summed E-state index contributed by atoms with van der Waals surface area (Å²) in [6.45, 7) is 0.385. The van der Waals surface area contributed by atoms with Crippen LogP contribution in [0, 0.1) is 11.3 Å². The summed E-state index contributed by atoms with van der Waals surface area (Å²) in [6.07, 6.45) is -8.01. The zero-order valence-electron chi connectivity index (χ0n) is 11.6. The number of aliphatic hydroxyl groups excluding tert-OH is 3. The Kier molecular flexibility index (Phi) is 5.62. The molecule has 0 radical (unpaired) electrons. The molecule has 0 aromatic heterocycles. The van der Waals surface area contributed by atoms with Crippen molar-refractivity contribution in [3.63, 3.8) is 0 Å². The van der Waals surface area contributed by atoms with Gasteiger partial charge < -0.3 is 36.2 Å². The van der Waals surface area contributed by atoms with Gasteiger partial charge in [-0.25, -0.2) is 9.18 Å². The minimum atomic E-state index is -3.81. The Morgan fingerprint density at radius 3 is 2.50 bits per heavy atom. The first-order valence-electron chi connectivity index (χ1n) is 6.38. The molecule has 8 N–H and O–H groups in total. The second kappa shape index (κ2) is 6.69. The van der Waals surface area contributed by atoms with E-state index in [1.807, 2.05) is 0 Å². The van der Waals surface area contributed by atoms with E-state index in [0.29, 0.717) is 0 Å². The van der Waals surface area contributed by atoms with Gasteiger partial charge in [0.15, 0.2) is 12.1 Å². The maximum absolute atomic E-state index is 14.3. The van der Waals surface area contributed by atoms with Crippen LogP contribution < -0.4 is 11.1 Å². The fourth-order valence-corrected chi connectivity index (χ4v) is 2.33. The summed E-state index contributed by atoms with van der Waals surface area (Å²) in [4.78, 5) is 11.0. The molecule has 1 rings (SSSR count). The number of aliphatic carboxylic acids is 1. The molecule has 7 atom stereocenters. The van der Waals surface area contributed by atoms with Gasteiger partial charge in [-0.1, -0.05) is 6.92 Å². The molecule has 128 valence electrons. The zero-order valence-corrected chi connectivity index (χ0v) is 11.6. The summed E-state index contributed by atoms with van der Waals surface area (Å²) in [6, 6.07) is -1.60. The van der Waals surface area contributed by atoms with Crippen molar-refractivity contribution in [3.05, 3.63) is 0 Å². The van der Waals surface area contributed by atoms with Gasteiger partial charge in [0.05, 0.1) is 18.8 Å². The van der Waals surface area contributed by atoms with Gasteiger partial charge in [-0.3, -0.25) is 5.41 Å². The van der Waals surface area contributed by atoms with E-state index in [-0.39, 0.29) is 0 Å². The van der Waals surface area contributed by atoms with Gasteiger partial charge in [-0.05, 0) is 0 Å². The molecule has 22 heavy (non-hydrogen) atoms. The third-order valence-electron chi connectivity index (χ3n) is 3.59. The van der Waals surface area contributed by atoms with Crippen LogP contribution in [-0.2, 0) is 9.53 Å². The van der Waals surface area contributed by atoms with E-state index in [2.05, 4.69) is 10.1 Å². The molecule has 0 spiro atoms. The molecule has 0 bridgehead atoms. The SMILES string of the molecule is C[C@H]1C([C@H](O)[C@H](O)CO)O[C@@](F)(C(=O)O)C(F)[C@H]1NC(=N)N. The van der Waals surface area contributed by atoms with Crippen molar-refractivity contribution in [1.29, 1.82) is 5.41 Å². The van der Waals surface area contributed by atoms with Gasteiger partial charge in [0, 0.05) is 5.92 Å². The van der Waals surface area contributed by atoms with Crippen LogP contribution in [-0.4, -0.2) is 75.3 Å². The lowest BCUT2D eigenvalue weighted by Gasteiger charge is -2.46. The van der Waals surface area contributed by atoms with Gasteiger partial charge >= 0.3 is 11.8 Å². The van der Waals surface area contributed by atoms with Crippen molar-refractivity contribution in [1.82, 2.24) is 5.32 Å². The van der Waals surface area contributed by atoms with E-state index in [4.69, 9.17) is 21.4 Å². The van der Waals surface area contributed by atoms with E-state index >= 15 is 0 Å². The Balaban J connectivity index is 3.18. The summed E-state index contributed by atoms with van der Waals surface area (Å²) < 4.78 is 33.1. The molecule has 0 aliphatic carbocycles. The van der Waals surface area contributed by atoms with Gasteiger partial charge in [-0.15, -0.1) is 0 Å². The first-order valence-corrected chi connectivity index (χ1v) is 6.38. The molecule has 1 heterocycles. The third kappa shape index (κ3) is 3.27. The molecule has 2 unspecified atom stereocenters. The van der Waals surface area contributed by atoms with E-state index < -0.39 is 60.8 Å². The molecule has 0 aromatic carbocycles. The number of rotatable bonds is 5. The molecule has 1 aliphatic rings. The zero-order chi connectivity index (χ0) is 17.2. The second-order valence-electron chi connectivity index (χ2n) is 5.12. The second-order valence-corrected chi connectivity index (χ2v) is 5.12. The lowest BCUT2D eigenvalue weighted by Crippen LogP contribution is -2.68. The van der Waals surface area contributed by atoms with Crippen molar-refractivity contribution in [3.8, 4) is 0 Å². The lowest BCUT2D eigenvalue weighted by molar-refractivity contribution is -0.284. The molecule has 0 aromatic rings. The Morgan fingerprint density at radius 2 is 2.09 bits per heavy atom. The number of guanidine groups is 1. The van der Waals surface area contributed by atoms with Crippen LogP contribution in [0.2, 0.25) is 0 Å². The molecular formula is C11H19F2N3O6. The van der Waals surface area contributed by atoms with Crippen molar-refractivity contribution in [2.45, 2.75) is 43.3 Å². The molecule has 1 fully saturated rings. The molecule has 1 saturated heterocycles. The molecule has 9 nitrogen and oxygen atoms in total. The average Bonchev–Trinajstić information content (AvgIpc) is 2.45. The minimum absolute atomic E-state index is 0.731. The molecule has 1 aliphatic heterocycles. The van der Waals surface area contributed by atoms with Crippen molar-refractivity contribution < 1.29 is 38.7 Å². The Bertz CT molecular complexity index is 442. The minimum Gasteiger partial charge on any atom is -0.477 e. The average molecular weight is 327 g/mol. The quantitative estimate of drug-likeness (QED) is 0.218. The fourth-order valence-electron chi connectivity index (χ4n) is 2.33. The number of ether oxygens (including phenoxy) is 1. The van der Waals surface area contributed by atoms with Crippen LogP contribution in [0.3, 0.4) is 0 Å². The van der Waals surface area contributed by atoms with E-state index in [1.54, 1.807) is 0 Å². The Morgan fingerprint density at radius 1 is 1.55 bits per heavy atom. The van der Waals surface area contributed by atoms with E-state index in [0.717, 1.165) is 0 Å². The number of carboxylic acids is 1. The highest BCUT2D eigenvalue weighted by Gasteiger charge is 2.61. The monoisotopic (exact) mass is 327 g/mol. The Hall–Kier alpha value is -1.56. The number of nitrogens with two attached hydrogens (primary N) is 1. The third-order valence-corrected chi connectivity index (χ3v) is 3.59. The van der Waals surface area contributed by atoms with Crippen LogP contribution in [0.1, 0.15) is 6.92 Å². The van der Waals surface area contributed by atoms with Crippen LogP contribution >= 0.6 is 0 Å². The number of carbonyl (C=O) groups is 1. The first-order chi connectivity index (χ1) is 10.1. The molecule has 11 heteroatoms. The van der Waals surface area contributed by atoms with Gasteiger partial charge in [0.2, 0.25) is 0 Å².